The zero-order chi connectivity index (χ0) is 13.2. The maximum Gasteiger partial charge on any atom is 0.119 e. The minimum atomic E-state index is 0.513. The van der Waals surface area contributed by atoms with E-state index in [0.29, 0.717) is 6.04 Å². The van der Waals surface area contributed by atoms with E-state index in [1.54, 1.807) is 7.11 Å². The fourth-order valence-electron chi connectivity index (χ4n) is 2.85. The van der Waals surface area contributed by atoms with Gasteiger partial charge in [-0.25, -0.2) is 0 Å². The second-order valence-electron chi connectivity index (χ2n) is 5.24. The Morgan fingerprint density at radius 2 is 2.21 bits per heavy atom. The Labute approximate surface area is 113 Å². The first-order chi connectivity index (χ1) is 9.28. The van der Waals surface area contributed by atoms with E-state index >= 15 is 0 Å². The zero-order valence-electron chi connectivity index (χ0n) is 11.5. The Balaban J connectivity index is 1.92. The van der Waals surface area contributed by atoms with E-state index in [2.05, 4.69) is 40.9 Å². The van der Waals surface area contributed by atoms with Crippen LogP contribution in [0, 0.1) is 6.92 Å². The first-order valence-electron chi connectivity index (χ1n) is 6.86. The maximum absolute atomic E-state index is 5.38. The van der Waals surface area contributed by atoms with Crippen LogP contribution in [0.5, 0.6) is 5.75 Å². The van der Waals surface area contributed by atoms with Crippen LogP contribution < -0.4 is 15.4 Å². The summed E-state index contributed by atoms with van der Waals surface area (Å²) >= 11 is 0. The smallest absolute Gasteiger partial charge is 0.119 e. The second kappa shape index (κ2) is 5.23. The molecule has 0 saturated carbocycles. The number of piperazine rings is 1. The third-order valence-corrected chi connectivity index (χ3v) is 3.87. The van der Waals surface area contributed by atoms with Gasteiger partial charge in [0.15, 0.2) is 0 Å². The molecule has 102 valence electrons. The largest absolute Gasteiger partial charge is 0.497 e. The highest BCUT2D eigenvalue weighted by Gasteiger charge is 2.15. The van der Waals surface area contributed by atoms with Gasteiger partial charge in [-0.15, -0.1) is 0 Å². The Morgan fingerprint density at radius 1 is 1.32 bits per heavy atom. The molecule has 1 aromatic carbocycles. The monoisotopic (exact) mass is 259 g/mol. The summed E-state index contributed by atoms with van der Waals surface area (Å²) in [4.78, 5) is 3.39. The maximum atomic E-state index is 5.38. The molecule has 0 radical (unpaired) electrons. The summed E-state index contributed by atoms with van der Waals surface area (Å²) < 4.78 is 5.38. The second-order valence-corrected chi connectivity index (χ2v) is 5.24. The quantitative estimate of drug-likeness (QED) is 0.784. The number of methoxy groups -OCH3 is 1. The molecule has 1 unspecified atom stereocenters. The average Bonchev–Trinajstić information content (AvgIpc) is 2.83. The highest BCUT2D eigenvalue weighted by atomic mass is 16.5. The SMILES string of the molecule is COc1cc(C)c2[nH]cc(CC3CNCCN3)c2c1. The van der Waals surface area contributed by atoms with Gasteiger partial charge in [0.1, 0.15) is 5.75 Å². The predicted molar refractivity (Wildman–Crippen MR) is 78.0 cm³/mol. The molecule has 1 atom stereocenters. The lowest BCUT2D eigenvalue weighted by molar-refractivity contribution is 0.414. The molecule has 0 amide bonds. The van der Waals surface area contributed by atoms with Gasteiger partial charge in [-0.1, -0.05) is 0 Å². The standard InChI is InChI=1S/C15H21N3O/c1-10-5-13(19-2)7-14-11(8-18-15(10)14)6-12-9-16-3-4-17-12/h5,7-8,12,16-18H,3-4,6,9H2,1-2H3. The molecule has 1 fully saturated rings. The van der Waals surface area contributed by atoms with E-state index in [1.165, 1.54) is 22.0 Å². The molecule has 4 heteroatoms. The van der Waals surface area contributed by atoms with Crippen molar-refractivity contribution in [3.8, 4) is 5.75 Å². The van der Waals surface area contributed by atoms with Crippen LogP contribution >= 0.6 is 0 Å². The molecule has 2 heterocycles. The first kappa shape index (κ1) is 12.5. The Morgan fingerprint density at radius 3 is 2.95 bits per heavy atom. The van der Waals surface area contributed by atoms with Crippen LogP contribution in [-0.4, -0.2) is 37.8 Å². The molecule has 1 aliphatic heterocycles. The van der Waals surface area contributed by atoms with Crippen molar-refractivity contribution in [2.24, 2.45) is 0 Å². The van der Waals surface area contributed by atoms with Crippen molar-refractivity contribution in [2.45, 2.75) is 19.4 Å². The normalized spacial score (nSPS) is 19.8. The Hall–Kier alpha value is -1.52. The summed E-state index contributed by atoms with van der Waals surface area (Å²) in [5, 5.41) is 8.27. The molecule has 1 aliphatic rings. The summed E-state index contributed by atoms with van der Waals surface area (Å²) in [5.74, 6) is 0.931. The molecule has 1 aromatic heterocycles. The fraction of sp³-hybridized carbons (Fsp3) is 0.467. The summed E-state index contributed by atoms with van der Waals surface area (Å²) in [6.45, 7) is 5.27. The summed E-state index contributed by atoms with van der Waals surface area (Å²) in [6, 6.07) is 4.72. The van der Waals surface area contributed by atoms with Gasteiger partial charge in [0.25, 0.3) is 0 Å². The van der Waals surface area contributed by atoms with Crippen LogP contribution in [0.25, 0.3) is 10.9 Å². The average molecular weight is 259 g/mol. The molecule has 0 bridgehead atoms. The van der Waals surface area contributed by atoms with Crippen LogP contribution in [0.2, 0.25) is 0 Å². The van der Waals surface area contributed by atoms with Gasteiger partial charge in [0, 0.05) is 42.8 Å². The van der Waals surface area contributed by atoms with Crippen molar-refractivity contribution >= 4 is 10.9 Å². The molecule has 3 N–H and O–H groups in total. The molecule has 2 aromatic rings. The van der Waals surface area contributed by atoms with Crippen LogP contribution in [0.15, 0.2) is 18.3 Å². The molecule has 4 nitrogen and oxygen atoms in total. The number of aromatic nitrogens is 1. The molecule has 0 aliphatic carbocycles. The summed E-state index contributed by atoms with van der Waals surface area (Å²) in [6.07, 6.45) is 3.17. The number of H-pyrrole nitrogens is 1. The summed E-state index contributed by atoms with van der Waals surface area (Å²) in [7, 11) is 1.72. The van der Waals surface area contributed by atoms with Gasteiger partial charge in [0.2, 0.25) is 0 Å². The number of fused-ring (bicyclic) bond motifs is 1. The topological polar surface area (TPSA) is 49.1 Å². The highest BCUT2D eigenvalue weighted by molar-refractivity contribution is 5.87. The fourth-order valence-corrected chi connectivity index (χ4v) is 2.85. The zero-order valence-corrected chi connectivity index (χ0v) is 11.5. The van der Waals surface area contributed by atoms with Gasteiger partial charge in [-0.2, -0.15) is 0 Å². The third-order valence-electron chi connectivity index (χ3n) is 3.87. The van der Waals surface area contributed by atoms with E-state index in [9.17, 15) is 0 Å². The molecule has 0 spiro atoms. The van der Waals surface area contributed by atoms with Crippen molar-refractivity contribution in [3.05, 3.63) is 29.5 Å². The Bertz CT molecular complexity index is 570. The van der Waals surface area contributed by atoms with E-state index in [0.717, 1.165) is 31.8 Å². The van der Waals surface area contributed by atoms with E-state index < -0.39 is 0 Å². The number of aromatic amines is 1. The lowest BCUT2D eigenvalue weighted by Crippen LogP contribution is -2.49. The van der Waals surface area contributed by atoms with Crippen molar-refractivity contribution in [1.82, 2.24) is 15.6 Å². The minimum Gasteiger partial charge on any atom is -0.497 e. The number of hydrogen-bond acceptors (Lipinski definition) is 3. The molecule has 3 rings (SSSR count). The number of nitrogens with one attached hydrogen (secondary N) is 3. The number of hydrogen-bond donors (Lipinski definition) is 3. The number of benzene rings is 1. The van der Waals surface area contributed by atoms with Crippen LogP contribution in [0.1, 0.15) is 11.1 Å². The Kier molecular flexibility index (Phi) is 3.44. The molecule has 19 heavy (non-hydrogen) atoms. The number of aryl methyl sites for hydroxylation is 1. The van der Waals surface area contributed by atoms with E-state index in [1.807, 2.05) is 0 Å². The van der Waals surface area contributed by atoms with Crippen molar-refractivity contribution < 1.29 is 4.74 Å². The number of ether oxygens (including phenoxy) is 1. The van der Waals surface area contributed by atoms with Crippen molar-refractivity contribution in [1.29, 1.82) is 0 Å². The van der Waals surface area contributed by atoms with E-state index in [4.69, 9.17) is 4.74 Å². The first-order valence-corrected chi connectivity index (χ1v) is 6.86. The van der Waals surface area contributed by atoms with Gasteiger partial charge >= 0.3 is 0 Å². The van der Waals surface area contributed by atoms with Gasteiger partial charge < -0.3 is 20.4 Å². The van der Waals surface area contributed by atoms with Crippen LogP contribution in [0.4, 0.5) is 0 Å². The minimum absolute atomic E-state index is 0.513. The van der Waals surface area contributed by atoms with Crippen LogP contribution in [0.3, 0.4) is 0 Å². The molecular formula is C15H21N3O. The molecular weight excluding hydrogens is 238 g/mol. The lowest BCUT2D eigenvalue weighted by Gasteiger charge is -2.24. The van der Waals surface area contributed by atoms with Gasteiger partial charge in [-0.05, 0) is 36.6 Å². The summed E-state index contributed by atoms with van der Waals surface area (Å²) in [5.41, 5.74) is 3.81. The van der Waals surface area contributed by atoms with Crippen molar-refractivity contribution in [3.63, 3.8) is 0 Å². The highest BCUT2D eigenvalue weighted by Crippen LogP contribution is 2.27. The lowest BCUT2D eigenvalue weighted by atomic mass is 10.0. The van der Waals surface area contributed by atoms with Gasteiger partial charge in [0.05, 0.1) is 7.11 Å². The predicted octanol–water partition coefficient (Wildman–Crippen LogP) is 1.59. The number of rotatable bonds is 3. The molecule has 1 saturated heterocycles. The third kappa shape index (κ3) is 2.46. The van der Waals surface area contributed by atoms with Gasteiger partial charge in [-0.3, -0.25) is 0 Å². The van der Waals surface area contributed by atoms with Crippen molar-refractivity contribution in [2.75, 3.05) is 26.7 Å². The van der Waals surface area contributed by atoms with E-state index in [-0.39, 0.29) is 0 Å². The van der Waals surface area contributed by atoms with Crippen LogP contribution in [-0.2, 0) is 6.42 Å².